The molecule has 0 bridgehead atoms. The maximum atomic E-state index is 13.7. The smallest absolute Gasteiger partial charge is 0.244 e. The largest absolute Gasteiger partial charge is 0.495 e. The van der Waals surface area contributed by atoms with Crippen molar-refractivity contribution in [3.63, 3.8) is 0 Å². The number of hydrogen-bond acceptors (Lipinski definition) is 5. The van der Waals surface area contributed by atoms with Crippen LogP contribution >= 0.6 is 23.2 Å². The van der Waals surface area contributed by atoms with Crippen LogP contribution < -0.4 is 14.4 Å². The van der Waals surface area contributed by atoms with E-state index in [-0.39, 0.29) is 29.2 Å². The summed E-state index contributed by atoms with van der Waals surface area (Å²) in [7, 11) is -2.43. The Hall–Kier alpha value is -2.49. The number of sulfonamides is 1. The van der Waals surface area contributed by atoms with Gasteiger partial charge in [0, 0.05) is 17.6 Å². The van der Waals surface area contributed by atoms with Gasteiger partial charge in [-0.15, -0.1) is 0 Å². The molecule has 11 heteroatoms. The molecule has 2 aromatic carbocycles. The highest BCUT2D eigenvalue weighted by atomic mass is 35.5. The van der Waals surface area contributed by atoms with Crippen molar-refractivity contribution in [2.24, 2.45) is 0 Å². The van der Waals surface area contributed by atoms with Crippen LogP contribution in [0.5, 0.6) is 5.75 Å². The zero-order valence-corrected chi connectivity index (χ0v) is 23.5. The predicted octanol–water partition coefficient (Wildman–Crippen LogP) is 4.49. The highest BCUT2D eigenvalue weighted by Gasteiger charge is 2.32. The predicted molar refractivity (Wildman–Crippen MR) is 144 cm³/mol. The average molecular weight is 559 g/mol. The Morgan fingerprint density at radius 1 is 1.06 bits per heavy atom. The molecule has 0 fully saturated rings. The van der Waals surface area contributed by atoms with E-state index in [1.54, 1.807) is 31.2 Å². The van der Waals surface area contributed by atoms with Crippen LogP contribution in [0.2, 0.25) is 10.0 Å². The van der Waals surface area contributed by atoms with Gasteiger partial charge in [-0.1, -0.05) is 55.2 Å². The highest BCUT2D eigenvalue weighted by Crippen LogP contribution is 2.30. The maximum absolute atomic E-state index is 13.7. The van der Waals surface area contributed by atoms with Crippen molar-refractivity contribution < 1.29 is 22.7 Å². The summed E-state index contributed by atoms with van der Waals surface area (Å²) in [6.07, 6.45) is 2.05. The Labute approximate surface area is 223 Å². The summed E-state index contributed by atoms with van der Waals surface area (Å²) in [6, 6.07) is 10.5. The van der Waals surface area contributed by atoms with Crippen LogP contribution in [0.25, 0.3) is 0 Å². The van der Waals surface area contributed by atoms with Gasteiger partial charge in [-0.3, -0.25) is 13.9 Å². The normalized spacial score (nSPS) is 13.0. The van der Waals surface area contributed by atoms with E-state index in [0.29, 0.717) is 22.8 Å². The van der Waals surface area contributed by atoms with E-state index >= 15 is 0 Å². The van der Waals surface area contributed by atoms with E-state index in [1.165, 1.54) is 30.2 Å². The molecular weight excluding hydrogens is 525 g/mol. The molecule has 0 saturated heterocycles. The first-order valence-corrected chi connectivity index (χ1v) is 14.2. The first kappa shape index (κ1) is 29.7. The molecule has 2 amide bonds. The number of halogens is 2. The Morgan fingerprint density at radius 3 is 2.25 bits per heavy atom. The molecule has 198 valence electrons. The molecule has 0 aromatic heterocycles. The van der Waals surface area contributed by atoms with E-state index in [4.69, 9.17) is 27.9 Å². The summed E-state index contributed by atoms with van der Waals surface area (Å²) >= 11 is 12.6. The Kier molecular flexibility index (Phi) is 10.9. The number of nitrogens with one attached hydrogen (secondary N) is 1. The van der Waals surface area contributed by atoms with Crippen molar-refractivity contribution >= 4 is 50.7 Å². The van der Waals surface area contributed by atoms with Crippen LogP contribution in [0, 0.1) is 0 Å². The van der Waals surface area contributed by atoms with E-state index < -0.39 is 28.5 Å². The lowest BCUT2D eigenvalue weighted by molar-refractivity contribution is -0.140. The second kappa shape index (κ2) is 13.2. The second-order valence-corrected chi connectivity index (χ2v) is 11.2. The number of rotatable bonds is 12. The molecule has 0 spiro atoms. The van der Waals surface area contributed by atoms with Crippen LogP contribution in [0.1, 0.15) is 39.2 Å². The molecule has 0 aliphatic carbocycles. The quantitative estimate of drug-likeness (QED) is 0.414. The monoisotopic (exact) mass is 557 g/mol. The molecule has 0 aliphatic rings. The topological polar surface area (TPSA) is 96.0 Å². The van der Waals surface area contributed by atoms with Crippen LogP contribution in [0.15, 0.2) is 42.5 Å². The number of methoxy groups -OCH3 is 1. The van der Waals surface area contributed by atoms with Gasteiger partial charge in [-0.25, -0.2) is 8.42 Å². The summed E-state index contributed by atoms with van der Waals surface area (Å²) in [4.78, 5) is 28.2. The molecular formula is C25H33Cl2N3O5S. The van der Waals surface area contributed by atoms with E-state index in [2.05, 4.69) is 5.32 Å². The maximum Gasteiger partial charge on any atom is 0.244 e. The number of anilines is 1. The standard InChI is InChI=1S/C25H33Cl2N3O5S/c1-6-17(3)28-25(32)22(7-2)29(15-18-10-8-9-11-20(18)26)24(31)16-30(36(5,33)34)19-12-13-23(35-4)21(27)14-19/h8-14,17,22H,6-7,15-16H2,1-5H3,(H,28,32)/t17-,22+/m1/s1. The number of benzene rings is 2. The Balaban J connectivity index is 2.48. The summed E-state index contributed by atoms with van der Waals surface area (Å²) in [5.74, 6) is -0.502. The molecule has 0 aliphatic heterocycles. The van der Waals surface area contributed by atoms with Gasteiger partial charge >= 0.3 is 0 Å². The molecule has 8 nitrogen and oxygen atoms in total. The molecule has 2 aromatic rings. The molecule has 2 rings (SSSR count). The zero-order valence-electron chi connectivity index (χ0n) is 21.1. The fourth-order valence-electron chi connectivity index (χ4n) is 3.59. The van der Waals surface area contributed by atoms with Crippen LogP contribution in [0.3, 0.4) is 0 Å². The first-order chi connectivity index (χ1) is 16.9. The van der Waals surface area contributed by atoms with Crippen molar-refractivity contribution in [3.8, 4) is 5.75 Å². The fraction of sp³-hybridized carbons (Fsp3) is 0.440. The average Bonchev–Trinajstić information content (AvgIpc) is 2.82. The Morgan fingerprint density at radius 2 is 1.72 bits per heavy atom. The van der Waals surface area contributed by atoms with E-state index in [1.807, 2.05) is 13.8 Å². The molecule has 0 saturated carbocycles. The zero-order chi connectivity index (χ0) is 27.0. The molecule has 0 heterocycles. The van der Waals surface area contributed by atoms with Gasteiger partial charge in [0.1, 0.15) is 18.3 Å². The molecule has 2 atom stereocenters. The lowest BCUT2D eigenvalue weighted by Gasteiger charge is -2.33. The molecule has 36 heavy (non-hydrogen) atoms. The number of amides is 2. The minimum atomic E-state index is -3.88. The number of carbonyl (C=O) groups is 2. The van der Waals surface area contributed by atoms with Gasteiger partial charge in [0.05, 0.1) is 24.1 Å². The minimum Gasteiger partial charge on any atom is -0.495 e. The summed E-state index contributed by atoms with van der Waals surface area (Å²) in [5.41, 5.74) is 0.840. The lowest BCUT2D eigenvalue weighted by Crippen LogP contribution is -2.53. The third-order valence-electron chi connectivity index (χ3n) is 5.79. The Bertz CT molecular complexity index is 1180. The first-order valence-electron chi connectivity index (χ1n) is 11.6. The molecule has 0 radical (unpaired) electrons. The van der Waals surface area contributed by atoms with Crippen molar-refractivity contribution in [2.75, 3.05) is 24.2 Å². The summed E-state index contributed by atoms with van der Waals surface area (Å²) in [6.45, 7) is 5.13. The fourth-order valence-corrected chi connectivity index (χ4v) is 4.88. The SMILES string of the molecule is CC[C@@H](C)NC(=O)[C@H](CC)N(Cc1ccccc1Cl)C(=O)CN(c1ccc(OC)c(Cl)c1)S(C)(=O)=O. The van der Waals surface area contributed by atoms with Crippen LogP contribution in [-0.2, 0) is 26.2 Å². The molecule has 0 unspecified atom stereocenters. The highest BCUT2D eigenvalue weighted by molar-refractivity contribution is 7.92. The van der Waals surface area contributed by atoms with Gasteiger partial charge in [0.15, 0.2) is 0 Å². The summed E-state index contributed by atoms with van der Waals surface area (Å²) < 4.78 is 31.5. The van der Waals surface area contributed by atoms with Crippen molar-refractivity contribution in [1.82, 2.24) is 10.2 Å². The number of carbonyl (C=O) groups excluding carboxylic acids is 2. The minimum absolute atomic E-state index is 0.0336. The molecule has 1 N–H and O–H groups in total. The third kappa shape index (κ3) is 7.75. The van der Waals surface area contributed by atoms with Crippen molar-refractivity contribution in [2.45, 2.75) is 52.2 Å². The van der Waals surface area contributed by atoms with E-state index in [9.17, 15) is 18.0 Å². The van der Waals surface area contributed by atoms with Gasteiger partial charge < -0.3 is 15.0 Å². The van der Waals surface area contributed by atoms with Gasteiger partial charge in [0.25, 0.3) is 0 Å². The number of nitrogens with zero attached hydrogens (tertiary/aromatic N) is 2. The summed E-state index contributed by atoms with van der Waals surface area (Å²) in [5, 5.41) is 3.56. The number of hydrogen-bond donors (Lipinski definition) is 1. The van der Waals surface area contributed by atoms with Crippen LogP contribution in [0.4, 0.5) is 5.69 Å². The van der Waals surface area contributed by atoms with Crippen molar-refractivity contribution in [1.29, 1.82) is 0 Å². The van der Waals surface area contributed by atoms with Crippen molar-refractivity contribution in [3.05, 3.63) is 58.1 Å². The van der Waals surface area contributed by atoms with Gasteiger partial charge in [-0.05, 0) is 49.6 Å². The van der Waals surface area contributed by atoms with E-state index in [0.717, 1.165) is 17.0 Å². The third-order valence-corrected chi connectivity index (χ3v) is 7.59. The van der Waals surface area contributed by atoms with Gasteiger partial charge in [-0.2, -0.15) is 0 Å². The number of ether oxygens (including phenoxy) is 1. The lowest BCUT2D eigenvalue weighted by atomic mass is 10.1. The van der Waals surface area contributed by atoms with Crippen LogP contribution in [-0.4, -0.2) is 57.1 Å². The van der Waals surface area contributed by atoms with Gasteiger partial charge in [0.2, 0.25) is 21.8 Å². The second-order valence-electron chi connectivity index (χ2n) is 8.44.